The SMILES string of the molecule is CC(C)(C)c1ccc(OCC2CCN(C(=O)c3cncc(Br)c3)CC2)nn1. The second kappa shape index (κ2) is 8.33. The van der Waals surface area contributed by atoms with Gasteiger partial charge in [0.1, 0.15) is 0 Å². The summed E-state index contributed by atoms with van der Waals surface area (Å²) in [7, 11) is 0. The Labute approximate surface area is 168 Å². The van der Waals surface area contributed by atoms with E-state index in [-0.39, 0.29) is 11.3 Å². The standard InChI is InChI=1S/C20H25BrN4O2/c1-20(2,3)17-4-5-18(24-23-17)27-13-14-6-8-25(9-7-14)19(26)15-10-16(21)12-22-11-15/h4-5,10-12,14H,6-9,13H2,1-3H3. The molecule has 0 unspecified atom stereocenters. The summed E-state index contributed by atoms with van der Waals surface area (Å²) in [6, 6.07) is 5.66. The second-order valence-electron chi connectivity index (χ2n) is 7.95. The van der Waals surface area contributed by atoms with Crippen molar-refractivity contribution in [3.05, 3.63) is 46.3 Å². The Morgan fingerprint density at radius 1 is 1.22 bits per heavy atom. The van der Waals surface area contributed by atoms with Crippen LogP contribution < -0.4 is 4.74 Å². The third-order valence-corrected chi connectivity index (χ3v) is 5.16. The molecular formula is C20H25BrN4O2. The van der Waals surface area contributed by atoms with Crippen LogP contribution in [-0.4, -0.2) is 45.7 Å². The lowest BCUT2D eigenvalue weighted by atomic mass is 9.92. The molecule has 1 amide bonds. The van der Waals surface area contributed by atoms with Crippen molar-refractivity contribution < 1.29 is 9.53 Å². The fourth-order valence-electron chi connectivity index (χ4n) is 3.01. The maximum atomic E-state index is 12.6. The van der Waals surface area contributed by atoms with E-state index in [1.807, 2.05) is 23.1 Å². The molecule has 0 aromatic carbocycles. The Morgan fingerprint density at radius 2 is 1.96 bits per heavy atom. The first-order valence-electron chi connectivity index (χ1n) is 9.20. The molecule has 1 aliphatic heterocycles. The molecular weight excluding hydrogens is 408 g/mol. The Morgan fingerprint density at radius 3 is 2.56 bits per heavy atom. The van der Waals surface area contributed by atoms with Gasteiger partial charge in [-0.25, -0.2) is 0 Å². The Balaban J connectivity index is 1.47. The van der Waals surface area contributed by atoms with Crippen molar-refractivity contribution in [1.82, 2.24) is 20.1 Å². The summed E-state index contributed by atoms with van der Waals surface area (Å²) >= 11 is 3.36. The normalized spacial score (nSPS) is 15.6. The summed E-state index contributed by atoms with van der Waals surface area (Å²) in [5.74, 6) is 1.01. The van der Waals surface area contributed by atoms with E-state index >= 15 is 0 Å². The quantitative estimate of drug-likeness (QED) is 0.733. The molecule has 2 aromatic heterocycles. The summed E-state index contributed by atoms with van der Waals surface area (Å²) in [6.07, 6.45) is 5.13. The van der Waals surface area contributed by atoms with Crippen LogP contribution in [0.4, 0.5) is 0 Å². The van der Waals surface area contributed by atoms with E-state index in [0.29, 0.717) is 24.0 Å². The fourth-order valence-corrected chi connectivity index (χ4v) is 3.38. The van der Waals surface area contributed by atoms with Gasteiger partial charge < -0.3 is 9.64 Å². The van der Waals surface area contributed by atoms with Gasteiger partial charge >= 0.3 is 0 Å². The highest BCUT2D eigenvalue weighted by Crippen LogP contribution is 2.23. The summed E-state index contributed by atoms with van der Waals surface area (Å²) in [5, 5.41) is 8.42. The monoisotopic (exact) mass is 432 g/mol. The summed E-state index contributed by atoms with van der Waals surface area (Å²) in [6.45, 7) is 8.39. The van der Waals surface area contributed by atoms with Crippen molar-refractivity contribution in [1.29, 1.82) is 0 Å². The van der Waals surface area contributed by atoms with Crippen molar-refractivity contribution >= 4 is 21.8 Å². The molecule has 3 rings (SSSR count). The number of carbonyl (C=O) groups excluding carboxylic acids is 1. The minimum atomic E-state index is -0.0191. The first kappa shape index (κ1) is 19.7. The van der Waals surface area contributed by atoms with E-state index in [2.05, 4.69) is 51.9 Å². The number of amides is 1. The zero-order valence-electron chi connectivity index (χ0n) is 16.0. The molecule has 27 heavy (non-hydrogen) atoms. The Kier molecular flexibility index (Phi) is 6.09. The van der Waals surface area contributed by atoms with Crippen LogP contribution in [0.1, 0.15) is 49.7 Å². The Hall–Kier alpha value is -2.02. The molecule has 144 valence electrons. The van der Waals surface area contributed by atoms with Gasteiger partial charge in [0.25, 0.3) is 5.91 Å². The van der Waals surface area contributed by atoms with Crippen molar-refractivity contribution in [2.75, 3.05) is 19.7 Å². The number of hydrogen-bond acceptors (Lipinski definition) is 5. The average molecular weight is 433 g/mol. The van der Waals surface area contributed by atoms with Crippen LogP contribution >= 0.6 is 15.9 Å². The number of aromatic nitrogens is 3. The number of hydrogen-bond donors (Lipinski definition) is 0. The van der Waals surface area contributed by atoms with E-state index in [9.17, 15) is 4.79 Å². The lowest BCUT2D eigenvalue weighted by molar-refractivity contribution is 0.0658. The highest BCUT2D eigenvalue weighted by Gasteiger charge is 2.24. The molecule has 0 radical (unpaired) electrons. The third-order valence-electron chi connectivity index (χ3n) is 4.73. The molecule has 0 saturated carbocycles. The van der Waals surface area contributed by atoms with Gasteiger partial charge in [-0.3, -0.25) is 9.78 Å². The van der Waals surface area contributed by atoms with Gasteiger partial charge in [0.05, 0.1) is 17.9 Å². The van der Waals surface area contributed by atoms with Gasteiger partial charge in [0.2, 0.25) is 5.88 Å². The van der Waals surface area contributed by atoms with Crippen LogP contribution in [0.5, 0.6) is 5.88 Å². The number of nitrogens with zero attached hydrogens (tertiary/aromatic N) is 4. The molecule has 0 spiro atoms. The topological polar surface area (TPSA) is 68.2 Å². The smallest absolute Gasteiger partial charge is 0.255 e. The predicted octanol–water partition coefficient (Wildman–Crippen LogP) is 3.86. The fraction of sp³-hybridized carbons (Fsp3) is 0.500. The molecule has 1 aliphatic rings. The first-order valence-corrected chi connectivity index (χ1v) is 9.99. The Bertz CT molecular complexity index is 781. The van der Waals surface area contributed by atoms with Crippen LogP contribution in [0.2, 0.25) is 0 Å². The van der Waals surface area contributed by atoms with Crippen LogP contribution in [0.15, 0.2) is 35.1 Å². The van der Waals surface area contributed by atoms with Crippen molar-refractivity contribution in [2.45, 2.75) is 39.0 Å². The molecule has 7 heteroatoms. The van der Waals surface area contributed by atoms with Gasteiger partial charge in [0, 0.05) is 41.4 Å². The molecule has 2 aromatic rings. The number of rotatable bonds is 4. The van der Waals surface area contributed by atoms with Gasteiger partial charge in [-0.1, -0.05) is 20.8 Å². The summed E-state index contributed by atoms with van der Waals surface area (Å²) in [4.78, 5) is 18.5. The van der Waals surface area contributed by atoms with Crippen molar-refractivity contribution in [3.8, 4) is 5.88 Å². The maximum Gasteiger partial charge on any atom is 0.255 e. The lowest BCUT2D eigenvalue weighted by Gasteiger charge is -2.31. The minimum absolute atomic E-state index is 0.0191. The van der Waals surface area contributed by atoms with Gasteiger partial charge in [0.15, 0.2) is 0 Å². The summed E-state index contributed by atoms with van der Waals surface area (Å²) < 4.78 is 6.63. The van der Waals surface area contributed by atoms with E-state index in [4.69, 9.17) is 4.74 Å². The summed E-state index contributed by atoms with van der Waals surface area (Å²) in [5.41, 5.74) is 1.55. The van der Waals surface area contributed by atoms with Gasteiger partial charge in [-0.2, -0.15) is 5.10 Å². The van der Waals surface area contributed by atoms with Gasteiger partial charge in [-0.15, -0.1) is 5.10 Å². The second-order valence-corrected chi connectivity index (χ2v) is 8.86. The molecule has 6 nitrogen and oxygen atoms in total. The van der Waals surface area contributed by atoms with Crippen molar-refractivity contribution in [3.63, 3.8) is 0 Å². The number of carbonyl (C=O) groups is 1. The molecule has 0 N–H and O–H groups in total. The number of likely N-dealkylation sites (tertiary alicyclic amines) is 1. The van der Waals surface area contributed by atoms with Gasteiger partial charge in [-0.05, 0) is 46.8 Å². The first-order chi connectivity index (χ1) is 12.8. The molecule has 0 bridgehead atoms. The lowest BCUT2D eigenvalue weighted by Crippen LogP contribution is -2.39. The number of piperidine rings is 1. The van der Waals surface area contributed by atoms with Crippen LogP contribution in [0, 0.1) is 5.92 Å². The van der Waals surface area contributed by atoms with Crippen molar-refractivity contribution in [2.24, 2.45) is 5.92 Å². The number of pyridine rings is 1. The van der Waals surface area contributed by atoms with E-state index in [1.54, 1.807) is 12.4 Å². The molecule has 0 aliphatic carbocycles. The van der Waals surface area contributed by atoms with E-state index in [0.717, 1.165) is 36.1 Å². The van der Waals surface area contributed by atoms with Crippen LogP contribution in [0.3, 0.4) is 0 Å². The van der Waals surface area contributed by atoms with E-state index in [1.165, 1.54) is 0 Å². The molecule has 0 atom stereocenters. The number of ether oxygens (including phenoxy) is 1. The highest BCUT2D eigenvalue weighted by molar-refractivity contribution is 9.10. The maximum absolute atomic E-state index is 12.6. The average Bonchev–Trinajstić information content (AvgIpc) is 2.66. The van der Waals surface area contributed by atoms with E-state index < -0.39 is 0 Å². The minimum Gasteiger partial charge on any atom is -0.476 e. The van der Waals surface area contributed by atoms with Crippen LogP contribution in [0.25, 0.3) is 0 Å². The zero-order chi connectivity index (χ0) is 19.4. The zero-order valence-corrected chi connectivity index (χ0v) is 17.6. The molecule has 1 fully saturated rings. The number of halogens is 1. The molecule has 3 heterocycles. The predicted molar refractivity (Wildman–Crippen MR) is 107 cm³/mol. The molecule has 1 saturated heterocycles. The third kappa shape index (κ3) is 5.25. The highest BCUT2D eigenvalue weighted by atomic mass is 79.9. The largest absolute Gasteiger partial charge is 0.476 e. The van der Waals surface area contributed by atoms with Crippen LogP contribution in [-0.2, 0) is 5.41 Å².